The number of amides is 1. The number of hydrogen-bond acceptors (Lipinski definition) is 5. The molecule has 35 heavy (non-hydrogen) atoms. The molecule has 3 rings (SSSR count). The van der Waals surface area contributed by atoms with Crippen molar-refractivity contribution in [3.63, 3.8) is 0 Å². The van der Waals surface area contributed by atoms with Gasteiger partial charge >= 0.3 is 0 Å². The van der Waals surface area contributed by atoms with Crippen molar-refractivity contribution in [2.45, 2.75) is 46.1 Å². The zero-order valence-corrected chi connectivity index (χ0v) is 22.3. The Morgan fingerprint density at radius 3 is 2.31 bits per heavy atom. The van der Waals surface area contributed by atoms with Gasteiger partial charge in [-0.2, -0.15) is 11.8 Å². The van der Waals surface area contributed by atoms with E-state index in [1.807, 2.05) is 32.7 Å². The molecule has 2 aromatic rings. The van der Waals surface area contributed by atoms with E-state index in [1.54, 1.807) is 19.9 Å². The summed E-state index contributed by atoms with van der Waals surface area (Å²) in [6.45, 7) is 8.61. The number of carbonyl (C=O) groups excluding carboxylic acids is 1. The predicted molar refractivity (Wildman–Crippen MR) is 140 cm³/mol. The fourth-order valence-electron chi connectivity index (χ4n) is 3.35. The molecule has 196 valence electrons. The molecule has 0 radical (unpaired) electrons. The van der Waals surface area contributed by atoms with Crippen LogP contribution in [0.4, 0.5) is 24.5 Å². The summed E-state index contributed by atoms with van der Waals surface area (Å²) in [6, 6.07) is 6.22. The largest absolute Gasteiger partial charge is 0.386 e. The Morgan fingerprint density at radius 1 is 1.11 bits per heavy atom. The minimum Gasteiger partial charge on any atom is -0.386 e. The van der Waals surface area contributed by atoms with Crippen LogP contribution in [0.2, 0.25) is 0 Å². The molecule has 1 saturated heterocycles. The maximum atomic E-state index is 14.3. The van der Waals surface area contributed by atoms with Crippen LogP contribution in [0.25, 0.3) is 0 Å². The summed E-state index contributed by atoms with van der Waals surface area (Å²) in [7, 11) is 2.00. The number of rotatable bonds is 8. The van der Waals surface area contributed by atoms with E-state index in [1.165, 1.54) is 42.2 Å². The molecule has 0 aliphatic carbocycles. The van der Waals surface area contributed by atoms with Crippen LogP contribution in [-0.4, -0.2) is 60.2 Å². The molecule has 5 nitrogen and oxygen atoms in total. The Bertz CT molecular complexity index is 944. The molecule has 1 fully saturated rings. The number of aliphatic hydroxyl groups is 1. The quantitative estimate of drug-likeness (QED) is 0.393. The lowest BCUT2D eigenvalue weighted by molar-refractivity contribution is -0.0668. The molecule has 0 bridgehead atoms. The molecule has 0 spiro atoms. The van der Waals surface area contributed by atoms with Gasteiger partial charge in [0.25, 0.3) is 5.91 Å². The van der Waals surface area contributed by atoms with E-state index in [-0.39, 0.29) is 24.3 Å². The number of likely N-dealkylation sites (tertiary alicyclic amines) is 1. The van der Waals surface area contributed by atoms with Crippen LogP contribution < -0.4 is 10.6 Å². The molecule has 3 N–H and O–H groups in total. The van der Waals surface area contributed by atoms with E-state index in [0.717, 1.165) is 12.1 Å². The number of benzene rings is 2. The van der Waals surface area contributed by atoms with E-state index in [2.05, 4.69) is 16.9 Å². The van der Waals surface area contributed by atoms with Crippen molar-refractivity contribution in [2.24, 2.45) is 0 Å². The van der Waals surface area contributed by atoms with Crippen LogP contribution >= 0.6 is 11.8 Å². The highest BCUT2D eigenvalue weighted by Crippen LogP contribution is 2.31. The zero-order chi connectivity index (χ0) is 26.6. The van der Waals surface area contributed by atoms with Gasteiger partial charge in [0.05, 0.1) is 35.6 Å². The number of anilines is 2. The second kappa shape index (κ2) is 15.0. The van der Waals surface area contributed by atoms with Crippen LogP contribution in [0.5, 0.6) is 0 Å². The molecule has 1 amide bonds. The van der Waals surface area contributed by atoms with Gasteiger partial charge in [-0.15, -0.1) is 0 Å². The molecule has 2 aromatic carbocycles. The minimum atomic E-state index is -1.27. The summed E-state index contributed by atoms with van der Waals surface area (Å²) < 4.78 is 41.9. The Kier molecular flexibility index (Phi) is 13.2. The summed E-state index contributed by atoms with van der Waals surface area (Å²) in [5.74, 6) is -2.32. The third kappa shape index (κ3) is 9.39. The summed E-state index contributed by atoms with van der Waals surface area (Å²) in [5.41, 5.74) is -0.958. The lowest BCUT2D eigenvalue weighted by Gasteiger charge is -2.44. The third-order valence-corrected chi connectivity index (χ3v) is 5.78. The summed E-state index contributed by atoms with van der Waals surface area (Å²) >= 11 is 1.92. The Balaban J connectivity index is 0.000000523. The first kappa shape index (κ1) is 30.8. The average molecular weight is 514 g/mol. The highest BCUT2D eigenvalue weighted by atomic mass is 32.2. The van der Waals surface area contributed by atoms with Crippen molar-refractivity contribution >= 4 is 29.0 Å². The Labute approximate surface area is 211 Å². The van der Waals surface area contributed by atoms with Gasteiger partial charge in [0.15, 0.2) is 11.6 Å². The number of nitrogens with zero attached hydrogens (tertiary/aromatic N) is 1. The molecule has 1 aliphatic heterocycles. The smallest absolute Gasteiger partial charge is 0.256 e. The van der Waals surface area contributed by atoms with Crippen molar-refractivity contribution < 1.29 is 23.1 Å². The fraction of sp³-hybridized carbons (Fsp3) is 0.500. The number of β-amino-alcohol motifs (C(OH)–C–C–N with tert-alkyl or cyclic N) is 1. The second-order valence-corrected chi connectivity index (χ2v) is 9.34. The van der Waals surface area contributed by atoms with E-state index >= 15 is 0 Å². The van der Waals surface area contributed by atoms with E-state index in [0.29, 0.717) is 5.56 Å². The van der Waals surface area contributed by atoms with Gasteiger partial charge in [0, 0.05) is 0 Å². The summed E-state index contributed by atoms with van der Waals surface area (Å²) in [4.78, 5) is 13.8. The van der Waals surface area contributed by atoms with Crippen LogP contribution in [0.1, 0.15) is 49.5 Å². The molecule has 1 heterocycles. The first-order valence-electron chi connectivity index (χ1n) is 11.8. The number of nitrogens with one attached hydrogen (secondary N) is 2. The second-order valence-electron chi connectivity index (χ2n) is 8.35. The maximum absolute atomic E-state index is 14.3. The van der Waals surface area contributed by atoms with Crippen LogP contribution in [0.3, 0.4) is 0 Å². The monoisotopic (exact) mass is 513 g/mol. The standard InChI is InChI=1S/C18H17F3N2O2.C6H15NS.C2H6/c1-10-3-6-14(13(20)7-10)22-16-11(4-5-12(19)15(16)21)17(24)23-8-18(2,25)9-23;1-7-5-3-4-6-8-2;1-2/h3-7,22,25H,8-9H2,1-2H3;7H,3-6H2,1-2H3;1-2H3. The van der Waals surface area contributed by atoms with E-state index < -0.39 is 34.6 Å². The highest BCUT2D eigenvalue weighted by Gasteiger charge is 2.40. The van der Waals surface area contributed by atoms with Gasteiger partial charge in [-0.1, -0.05) is 19.9 Å². The normalized spacial score (nSPS) is 13.6. The van der Waals surface area contributed by atoms with Gasteiger partial charge in [0.2, 0.25) is 0 Å². The lowest BCUT2D eigenvalue weighted by atomic mass is 9.95. The molecule has 9 heteroatoms. The van der Waals surface area contributed by atoms with Gasteiger partial charge in [0.1, 0.15) is 5.82 Å². The zero-order valence-electron chi connectivity index (χ0n) is 21.5. The molecule has 1 aliphatic rings. The SMILES string of the molecule is CC.CNCCCCSC.Cc1ccc(Nc2c(C(=O)N3CC(C)(O)C3)ccc(F)c2F)c(F)c1. The van der Waals surface area contributed by atoms with Crippen LogP contribution in [0.15, 0.2) is 30.3 Å². The van der Waals surface area contributed by atoms with Crippen molar-refractivity contribution in [3.05, 3.63) is 58.9 Å². The molecule has 0 aromatic heterocycles. The topological polar surface area (TPSA) is 64.6 Å². The molecule has 0 unspecified atom stereocenters. The minimum absolute atomic E-state index is 0.0697. The van der Waals surface area contributed by atoms with Crippen molar-refractivity contribution in [2.75, 3.05) is 44.0 Å². The van der Waals surface area contributed by atoms with Crippen molar-refractivity contribution in [1.29, 1.82) is 0 Å². The van der Waals surface area contributed by atoms with Gasteiger partial charge in [-0.05, 0) is 82.1 Å². The molecule has 0 atom stereocenters. The number of thioether (sulfide) groups is 1. The first-order chi connectivity index (χ1) is 16.6. The average Bonchev–Trinajstić information content (AvgIpc) is 2.81. The van der Waals surface area contributed by atoms with Crippen molar-refractivity contribution in [1.82, 2.24) is 10.2 Å². The first-order valence-corrected chi connectivity index (χ1v) is 13.2. The van der Waals surface area contributed by atoms with Crippen LogP contribution in [-0.2, 0) is 0 Å². The van der Waals surface area contributed by atoms with E-state index in [9.17, 15) is 23.1 Å². The molecular weight excluding hydrogens is 475 g/mol. The number of unbranched alkanes of at least 4 members (excludes halogenated alkanes) is 1. The van der Waals surface area contributed by atoms with Gasteiger partial charge in [-0.25, -0.2) is 13.2 Å². The summed E-state index contributed by atoms with van der Waals surface area (Å²) in [5, 5.41) is 15.4. The van der Waals surface area contributed by atoms with E-state index in [4.69, 9.17) is 0 Å². The van der Waals surface area contributed by atoms with Crippen molar-refractivity contribution in [3.8, 4) is 0 Å². The Morgan fingerprint density at radius 2 is 1.77 bits per heavy atom. The van der Waals surface area contributed by atoms with Crippen LogP contribution in [0, 0.1) is 24.4 Å². The number of halogens is 3. The predicted octanol–water partition coefficient (Wildman–Crippen LogP) is 5.74. The van der Waals surface area contributed by atoms with Gasteiger partial charge < -0.3 is 20.6 Å². The molecule has 0 saturated carbocycles. The number of carbonyl (C=O) groups is 1. The lowest BCUT2D eigenvalue weighted by Crippen LogP contribution is -2.61. The number of hydrogen-bond donors (Lipinski definition) is 3. The maximum Gasteiger partial charge on any atom is 0.256 e. The number of aryl methyl sites for hydroxylation is 1. The summed E-state index contributed by atoms with van der Waals surface area (Å²) in [6.07, 6.45) is 4.82. The fourth-order valence-corrected chi connectivity index (χ4v) is 3.84. The van der Waals surface area contributed by atoms with Gasteiger partial charge in [-0.3, -0.25) is 4.79 Å². The third-order valence-electron chi connectivity index (χ3n) is 5.08. The molecular formula is C26H38F3N3O2S. The Hall–Kier alpha value is -2.23. The highest BCUT2D eigenvalue weighted by molar-refractivity contribution is 7.98.